The molecule has 1 aromatic carbocycles. The number of aromatic nitrogens is 2. The minimum absolute atomic E-state index is 0.427. The third kappa shape index (κ3) is 1.75. The lowest BCUT2D eigenvalue weighted by molar-refractivity contribution is -0.605. The van der Waals surface area contributed by atoms with Crippen LogP contribution in [0, 0.1) is 6.92 Å². The normalized spacial score (nSPS) is 11.8. The Kier molecular flexibility index (Phi) is 2.52. The molecule has 0 fully saturated rings. The van der Waals surface area contributed by atoms with E-state index in [1.54, 1.807) is 0 Å². The van der Waals surface area contributed by atoms with Gasteiger partial charge in [0.2, 0.25) is 5.58 Å². The zero-order valence-corrected chi connectivity index (χ0v) is 10.8. The number of para-hydroxylation sites is 1. The molecule has 0 saturated heterocycles. The quantitative estimate of drug-likeness (QED) is 0.750. The first-order valence-electron chi connectivity index (χ1n) is 6.16. The number of quaternary nitrogens is 1. The van der Waals surface area contributed by atoms with Crippen molar-refractivity contribution < 1.29 is 9.73 Å². The van der Waals surface area contributed by atoms with Gasteiger partial charge in [-0.25, -0.2) is 4.98 Å². The molecule has 0 unspecified atom stereocenters. The molecule has 0 spiro atoms. The average Bonchev–Trinajstić information content (AvgIpc) is 2.67. The Morgan fingerprint density at radius 1 is 1.17 bits per heavy atom. The standard InChI is InChI=1S/C14H15N3O/c1-8(2)15-14-13-12(16-9(3)17-14)10-6-4-5-7-11(10)18-13/h4-8H,1-3H3,(H,15,16,17)/p+1. The minimum Gasteiger partial charge on any atom is -0.446 e. The van der Waals surface area contributed by atoms with Crippen LogP contribution >= 0.6 is 0 Å². The van der Waals surface area contributed by atoms with Gasteiger partial charge >= 0.3 is 0 Å². The monoisotopic (exact) mass is 242 g/mol. The number of aryl methyl sites for hydroxylation is 1. The molecule has 2 heterocycles. The van der Waals surface area contributed by atoms with Crippen molar-refractivity contribution in [3.8, 4) is 0 Å². The van der Waals surface area contributed by atoms with Gasteiger partial charge in [-0.3, -0.25) is 5.32 Å². The van der Waals surface area contributed by atoms with Crippen LogP contribution in [0.1, 0.15) is 19.7 Å². The smallest absolute Gasteiger partial charge is 0.272 e. The molecule has 0 radical (unpaired) electrons. The average molecular weight is 242 g/mol. The van der Waals surface area contributed by atoms with E-state index < -0.39 is 0 Å². The molecule has 0 amide bonds. The van der Waals surface area contributed by atoms with Crippen LogP contribution in [0.4, 0.5) is 5.82 Å². The van der Waals surface area contributed by atoms with Crippen molar-refractivity contribution >= 4 is 27.9 Å². The van der Waals surface area contributed by atoms with E-state index in [9.17, 15) is 0 Å². The lowest BCUT2D eigenvalue weighted by Gasteiger charge is -2.03. The number of nitrogens with zero attached hydrogens (tertiary/aromatic N) is 2. The van der Waals surface area contributed by atoms with E-state index in [2.05, 4.69) is 29.1 Å². The molecule has 0 aliphatic carbocycles. The van der Waals surface area contributed by atoms with E-state index in [-0.39, 0.29) is 0 Å². The van der Waals surface area contributed by atoms with Crippen LogP contribution in [-0.2, 0) is 0 Å². The van der Waals surface area contributed by atoms with Gasteiger partial charge in [0.05, 0.1) is 6.04 Å². The Bertz CT molecular complexity index is 715. The number of furan rings is 1. The lowest BCUT2D eigenvalue weighted by atomic mass is 10.2. The summed E-state index contributed by atoms with van der Waals surface area (Å²) in [7, 11) is 0. The number of fused-ring (bicyclic) bond motifs is 3. The predicted molar refractivity (Wildman–Crippen MR) is 70.8 cm³/mol. The van der Waals surface area contributed by atoms with Gasteiger partial charge in [0.25, 0.3) is 5.82 Å². The zero-order valence-electron chi connectivity index (χ0n) is 10.8. The first kappa shape index (κ1) is 11.2. The van der Waals surface area contributed by atoms with Crippen LogP contribution in [0.3, 0.4) is 0 Å². The van der Waals surface area contributed by atoms with Crippen molar-refractivity contribution in [1.82, 2.24) is 9.97 Å². The highest BCUT2D eigenvalue weighted by Crippen LogP contribution is 2.29. The molecule has 4 nitrogen and oxygen atoms in total. The summed E-state index contributed by atoms with van der Waals surface area (Å²) in [5, 5.41) is 3.16. The first-order valence-corrected chi connectivity index (χ1v) is 6.16. The molecule has 0 atom stereocenters. The second kappa shape index (κ2) is 4.07. The molecular formula is C14H16N3O+. The van der Waals surface area contributed by atoms with Crippen molar-refractivity contribution in [2.24, 2.45) is 0 Å². The molecule has 0 aliphatic heterocycles. The number of hydrogen-bond donors (Lipinski definition) is 1. The third-order valence-electron chi connectivity index (χ3n) is 2.85. The predicted octanol–water partition coefficient (Wildman–Crippen LogP) is 2.29. The fourth-order valence-corrected chi connectivity index (χ4v) is 2.16. The van der Waals surface area contributed by atoms with Crippen molar-refractivity contribution in [2.45, 2.75) is 26.8 Å². The Morgan fingerprint density at radius 2 is 1.94 bits per heavy atom. The van der Waals surface area contributed by atoms with Crippen LogP contribution < -0.4 is 5.32 Å². The molecule has 92 valence electrons. The van der Waals surface area contributed by atoms with Gasteiger partial charge in [-0.15, -0.1) is 0 Å². The van der Waals surface area contributed by atoms with Crippen LogP contribution in [-0.4, -0.2) is 16.0 Å². The van der Waals surface area contributed by atoms with Gasteiger partial charge in [-0.2, -0.15) is 4.98 Å². The largest absolute Gasteiger partial charge is 0.446 e. The van der Waals surface area contributed by atoms with E-state index in [1.807, 2.05) is 31.2 Å². The van der Waals surface area contributed by atoms with Gasteiger partial charge in [-0.05, 0) is 32.9 Å². The fourth-order valence-electron chi connectivity index (χ4n) is 2.16. The zero-order chi connectivity index (χ0) is 12.7. The number of hydrogen-bond acceptors (Lipinski definition) is 3. The molecule has 3 rings (SSSR count). The summed E-state index contributed by atoms with van der Waals surface area (Å²) in [6, 6.07) is 8.39. The van der Waals surface area contributed by atoms with Gasteiger partial charge in [-0.1, -0.05) is 12.1 Å². The third-order valence-corrected chi connectivity index (χ3v) is 2.85. The van der Waals surface area contributed by atoms with Crippen molar-refractivity contribution in [1.29, 1.82) is 0 Å². The molecule has 0 saturated carbocycles. The van der Waals surface area contributed by atoms with E-state index in [4.69, 9.17) is 4.42 Å². The highest BCUT2D eigenvalue weighted by Gasteiger charge is 2.17. The summed E-state index contributed by atoms with van der Waals surface area (Å²) in [6.07, 6.45) is 0. The first-order chi connectivity index (χ1) is 8.65. The minimum atomic E-state index is 0.427. The SMILES string of the molecule is Cc1nc([NH2+]C(C)C)c2oc3ccccc3c2n1. The molecule has 4 heteroatoms. The summed E-state index contributed by atoms with van der Waals surface area (Å²) >= 11 is 0. The summed E-state index contributed by atoms with van der Waals surface area (Å²) in [5.74, 6) is 1.67. The van der Waals surface area contributed by atoms with Crippen LogP contribution in [0.25, 0.3) is 22.1 Å². The highest BCUT2D eigenvalue weighted by atomic mass is 16.3. The molecular weight excluding hydrogens is 226 g/mol. The number of rotatable bonds is 2. The summed E-state index contributed by atoms with van der Waals surface area (Å²) in [6.45, 7) is 6.18. The summed E-state index contributed by atoms with van der Waals surface area (Å²) in [5.41, 5.74) is 2.56. The van der Waals surface area contributed by atoms with Crippen molar-refractivity contribution in [2.75, 3.05) is 0 Å². The van der Waals surface area contributed by atoms with Crippen LogP contribution in [0.2, 0.25) is 0 Å². The lowest BCUT2D eigenvalue weighted by Crippen LogP contribution is -2.83. The van der Waals surface area contributed by atoms with Gasteiger partial charge in [0, 0.05) is 5.39 Å². The Balaban J connectivity index is 2.36. The Hall–Kier alpha value is -1.94. The number of benzene rings is 1. The van der Waals surface area contributed by atoms with E-state index in [0.29, 0.717) is 6.04 Å². The van der Waals surface area contributed by atoms with Gasteiger partial charge in [0.1, 0.15) is 16.9 Å². The second-order valence-corrected chi connectivity index (χ2v) is 4.84. The fraction of sp³-hybridized carbons (Fsp3) is 0.286. The maximum atomic E-state index is 5.88. The van der Waals surface area contributed by atoms with Crippen molar-refractivity contribution in [3.05, 3.63) is 30.1 Å². The molecule has 3 aromatic rings. The topological polar surface area (TPSA) is 55.5 Å². The van der Waals surface area contributed by atoms with E-state index >= 15 is 0 Å². The van der Waals surface area contributed by atoms with E-state index in [1.165, 1.54) is 0 Å². The highest BCUT2D eigenvalue weighted by molar-refractivity contribution is 6.04. The Labute approximate surface area is 105 Å². The molecule has 2 N–H and O–H groups in total. The second-order valence-electron chi connectivity index (χ2n) is 4.84. The van der Waals surface area contributed by atoms with Gasteiger partial charge < -0.3 is 4.42 Å². The molecule has 2 aromatic heterocycles. The maximum Gasteiger partial charge on any atom is 0.272 e. The molecule has 0 aliphatic rings. The molecule has 18 heavy (non-hydrogen) atoms. The van der Waals surface area contributed by atoms with Crippen molar-refractivity contribution in [3.63, 3.8) is 0 Å². The summed E-state index contributed by atoms with van der Waals surface area (Å²) < 4.78 is 5.88. The van der Waals surface area contributed by atoms with Crippen LogP contribution in [0.5, 0.6) is 0 Å². The maximum absolute atomic E-state index is 5.88. The Morgan fingerprint density at radius 3 is 2.72 bits per heavy atom. The summed E-state index contributed by atoms with van der Waals surface area (Å²) in [4.78, 5) is 8.98. The number of nitrogens with two attached hydrogens (primary N) is 1. The van der Waals surface area contributed by atoms with E-state index in [0.717, 1.165) is 33.7 Å². The van der Waals surface area contributed by atoms with Crippen LogP contribution in [0.15, 0.2) is 28.7 Å². The molecule has 0 bridgehead atoms. The van der Waals surface area contributed by atoms with Gasteiger partial charge in [0.15, 0.2) is 0 Å².